The topological polar surface area (TPSA) is 0 Å². The van der Waals surface area contributed by atoms with Crippen molar-refractivity contribution in [3.63, 3.8) is 0 Å². The zero-order valence-electron chi connectivity index (χ0n) is 10.7. The number of allylic oxidation sites excluding steroid dienone is 1. The van der Waals surface area contributed by atoms with Gasteiger partial charge in [0.25, 0.3) is 0 Å². The molecule has 0 heterocycles. The van der Waals surface area contributed by atoms with E-state index in [-0.39, 0.29) is 0 Å². The summed E-state index contributed by atoms with van der Waals surface area (Å²) in [6, 6.07) is 0. The zero-order valence-corrected chi connectivity index (χ0v) is 10.7. The van der Waals surface area contributed by atoms with Crippen LogP contribution in [0.4, 0.5) is 0 Å². The van der Waals surface area contributed by atoms with Crippen LogP contribution in [-0.4, -0.2) is 0 Å². The Bertz CT molecular complexity index is 123. The van der Waals surface area contributed by atoms with Crippen LogP contribution in [0.2, 0.25) is 0 Å². The van der Waals surface area contributed by atoms with Gasteiger partial charge in [-0.3, -0.25) is 0 Å². The maximum atomic E-state index is 3.56. The first-order valence-electron chi connectivity index (χ1n) is 5.42. The van der Waals surface area contributed by atoms with Gasteiger partial charge < -0.3 is 0 Å². The summed E-state index contributed by atoms with van der Waals surface area (Å²) in [5.74, 6) is 0.826. The molecule has 0 rings (SSSR count). The van der Waals surface area contributed by atoms with Crippen molar-refractivity contribution < 1.29 is 0 Å². The van der Waals surface area contributed by atoms with Gasteiger partial charge in [0.1, 0.15) is 0 Å². The molecule has 0 unspecified atom stereocenters. The van der Waals surface area contributed by atoms with E-state index in [0.717, 1.165) is 5.92 Å². The minimum Gasteiger partial charge on any atom is -0.100 e. The molecule has 0 aliphatic rings. The van der Waals surface area contributed by atoms with Crippen molar-refractivity contribution in [1.29, 1.82) is 0 Å². The first-order chi connectivity index (χ1) is 5.80. The van der Waals surface area contributed by atoms with E-state index in [9.17, 15) is 0 Å². The van der Waals surface area contributed by atoms with Crippen molar-refractivity contribution in [2.75, 3.05) is 0 Å². The van der Waals surface area contributed by atoms with Gasteiger partial charge in [0.2, 0.25) is 0 Å². The fourth-order valence-corrected chi connectivity index (χ4v) is 1.07. The summed E-state index contributed by atoms with van der Waals surface area (Å²) in [5.41, 5.74) is 1.75. The van der Waals surface area contributed by atoms with Crippen molar-refractivity contribution in [1.82, 2.24) is 0 Å². The molecule has 13 heavy (non-hydrogen) atoms. The highest BCUT2D eigenvalue weighted by atomic mass is 14.3. The second-order valence-electron chi connectivity index (χ2n) is 4.72. The maximum Gasteiger partial charge on any atom is -0.0308 e. The number of rotatable bonds is 3. The van der Waals surface area contributed by atoms with Gasteiger partial charge in [0, 0.05) is 0 Å². The van der Waals surface area contributed by atoms with Crippen molar-refractivity contribution >= 4 is 0 Å². The highest BCUT2D eigenvalue weighted by Crippen LogP contribution is 2.33. The van der Waals surface area contributed by atoms with E-state index in [1.807, 2.05) is 13.8 Å². The summed E-state index contributed by atoms with van der Waals surface area (Å²) in [6.45, 7) is 19.1. The van der Waals surface area contributed by atoms with E-state index < -0.39 is 0 Å². The lowest BCUT2D eigenvalue weighted by molar-refractivity contribution is 0.200. The van der Waals surface area contributed by atoms with Crippen LogP contribution in [0.1, 0.15) is 61.3 Å². The molecule has 0 aromatic rings. The Morgan fingerprint density at radius 2 is 1.38 bits per heavy atom. The van der Waals surface area contributed by atoms with E-state index in [1.54, 1.807) is 0 Å². The minimum atomic E-state index is 0.583. The molecule has 0 spiro atoms. The lowest BCUT2D eigenvalue weighted by Crippen LogP contribution is -2.20. The summed E-state index contributed by atoms with van der Waals surface area (Å²) in [6.07, 6.45) is 2.61. The summed E-state index contributed by atoms with van der Waals surface area (Å²) < 4.78 is 0. The molecule has 0 heteroatoms. The molecule has 0 nitrogen and oxygen atoms in total. The lowest BCUT2D eigenvalue weighted by Gasteiger charge is -2.31. The monoisotopic (exact) mass is 184 g/mol. The van der Waals surface area contributed by atoms with Gasteiger partial charge in [-0.05, 0) is 25.2 Å². The predicted octanol–water partition coefficient (Wildman–Crippen LogP) is 5.05. The van der Waals surface area contributed by atoms with Gasteiger partial charge in [-0.15, -0.1) is 6.58 Å². The molecule has 0 bridgehead atoms. The van der Waals surface area contributed by atoms with E-state index in [0.29, 0.717) is 5.41 Å². The first-order valence-corrected chi connectivity index (χ1v) is 5.42. The Hall–Kier alpha value is -0.260. The van der Waals surface area contributed by atoms with E-state index in [4.69, 9.17) is 0 Å². The molecule has 80 valence electrons. The van der Waals surface area contributed by atoms with Crippen molar-refractivity contribution in [2.24, 2.45) is 11.3 Å². The van der Waals surface area contributed by atoms with Crippen LogP contribution >= 0.6 is 0 Å². The van der Waals surface area contributed by atoms with Gasteiger partial charge >= 0.3 is 0 Å². The molecule has 0 aliphatic heterocycles. The SMILES string of the molecule is C=C(C)C.CCC(C)(CC)C(C)C. The molecule has 0 saturated heterocycles. The summed E-state index contributed by atoms with van der Waals surface area (Å²) in [5, 5.41) is 0. The molecule has 0 saturated carbocycles. The van der Waals surface area contributed by atoms with Gasteiger partial charge in [-0.2, -0.15) is 0 Å². The zero-order chi connectivity index (χ0) is 11.1. The van der Waals surface area contributed by atoms with Crippen LogP contribution < -0.4 is 0 Å². The van der Waals surface area contributed by atoms with Gasteiger partial charge in [-0.25, -0.2) is 0 Å². The van der Waals surface area contributed by atoms with Gasteiger partial charge in [-0.1, -0.05) is 53.0 Å². The standard InChI is InChI=1S/C9H20.C4H8/c1-6-9(5,7-2)8(3)4;1-4(2)3/h8H,6-7H2,1-5H3;1H2,2-3H3. The second kappa shape index (κ2) is 7.17. The Balaban J connectivity index is 0. The van der Waals surface area contributed by atoms with Gasteiger partial charge in [0.05, 0.1) is 0 Å². The van der Waals surface area contributed by atoms with Crippen molar-refractivity contribution in [3.8, 4) is 0 Å². The summed E-state index contributed by atoms with van der Waals surface area (Å²) in [7, 11) is 0. The molecule has 0 amide bonds. The smallest absolute Gasteiger partial charge is 0.0308 e. The van der Waals surface area contributed by atoms with E-state index in [2.05, 4.69) is 41.2 Å². The summed E-state index contributed by atoms with van der Waals surface area (Å²) >= 11 is 0. The number of hydrogen-bond donors (Lipinski definition) is 0. The maximum absolute atomic E-state index is 3.56. The lowest BCUT2D eigenvalue weighted by atomic mass is 9.75. The minimum absolute atomic E-state index is 0.583. The van der Waals surface area contributed by atoms with Crippen LogP contribution in [-0.2, 0) is 0 Å². The normalized spacial score (nSPS) is 10.8. The average Bonchev–Trinajstić information content (AvgIpc) is 2.01. The molecular formula is C13H28. The van der Waals surface area contributed by atoms with Crippen molar-refractivity contribution in [3.05, 3.63) is 12.2 Å². The Morgan fingerprint density at radius 3 is 1.38 bits per heavy atom. The second-order valence-corrected chi connectivity index (χ2v) is 4.72. The molecule has 0 radical (unpaired) electrons. The largest absolute Gasteiger partial charge is 0.100 e. The first kappa shape index (κ1) is 15.2. The van der Waals surface area contributed by atoms with Crippen LogP contribution in [0, 0.1) is 11.3 Å². The molecule has 0 aromatic carbocycles. The fourth-order valence-electron chi connectivity index (χ4n) is 1.07. The molecule has 0 aliphatic carbocycles. The average molecular weight is 184 g/mol. The molecule has 0 aromatic heterocycles. The Labute approximate surface area is 85.4 Å². The number of hydrogen-bond acceptors (Lipinski definition) is 0. The predicted molar refractivity (Wildman–Crippen MR) is 64.0 cm³/mol. The third-order valence-electron chi connectivity index (χ3n) is 3.01. The van der Waals surface area contributed by atoms with E-state index >= 15 is 0 Å². The molecule has 0 fully saturated rings. The summed E-state index contributed by atoms with van der Waals surface area (Å²) in [4.78, 5) is 0. The van der Waals surface area contributed by atoms with Crippen LogP contribution in [0.5, 0.6) is 0 Å². The van der Waals surface area contributed by atoms with E-state index in [1.165, 1.54) is 18.4 Å². The van der Waals surface area contributed by atoms with Crippen LogP contribution in [0.3, 0.4) is 0 Å². The van der Waals surface area contributed by atoms with Gasteiger partial charge in [0.15, 0.2) is 0 Å². The molecular weight excluding hydrogens is 156 g/mol. The Morgan fingerprint density at radius 1 is 1.15 bits per heavy atom. The Kier molecular flexibility index (Phi) is 8.40. The third kappa shape index (κ3) is 8.08. The fraction of sp³-hybridized carbons (Fsp3) is 0.846. The highest BCUT2D eigenvalue weighted by molar-refractivity contribution is 4.78. The quantitative estimate of drug-likeness (QED) is 0.538. The van der Waals surface area contributed by atoms with Crippen molar-refractivity contribution in [2.45, 2.75) is 61.3 Å². The van der Waals surface area contributed by atoms with Crippen LogP contribution in [0.15, 0.2) is 12.2 Å². The molecule has 0 atom stereocenters. The van der Waals surface area contributed by atoms with Crippen LogP contribution in [0.25, 0.3) is 0 Å². The third-order valence-corrected chi connectivity index (χ3v) is 3.01. The highest BCUT2D eigenvalue weighted by Gasteiger charge is 2.22. The molecule has 0 N–H and O–H groups in total.